The quantitative estimate of drug-likeness (QED) is 0.818. The van der Waals surface area contributed by atoms with Gasteiger partial charge in [0.05, 0.1) is 4.90 Å². The van der Waals surface area contributed by atoms with Gasteiger partial charge in [0.25, 0.3) is 0 Å². The van der Waals surface area contributed by atoms with Gasteiger partial charge >= 0.3 is 0 Å². The molecule has 0 aliphatic rings. The predicted octanol–water partition coefficient (Wildman–Crippen LogP) is 2.99. The van der Waals surface area contributed by atoms with E-state index in [1.165, 1.54) is 0 Å². The van der Waals surface area contributed by atoms with Crippen LogP contribution in [0.1, 0.15) is 30.9 Å². The number of benzene rings is 1. The standard InChI is InChI=1S/C13H20ClNO2S/c1-4-12(14)7-8-15-18(16,17)13-9-10(2)5-6-11(13)3/h5-6,9,12,15H,4,7-8H2,1-3H3. The molecule has 0 heterocycles. The van der Waals surface area contributed by atoms with Crippen molar-refractivity contribution in [2.24, 2.45) is 0 Å². The van der Waals surface area contributed by atoms with Gasteiger partial charge < -0.3 is 0 Å². The van der Waals surface area contributed by atoms with Crippen molar-refractivity contribution in [1.29, 1.82) is 0 Å². The zero-order valence-electron chi connectivity index (χ0n) is 11.0. The molecular formula is C13H20ClNO2S. The van der Waals surface area contributed by atoms with Crippen LogP contribution in [0.15, 0.2) is 23.1 Å². The lowest BCUT2D eigenvalue weighted by molar-refractivity contribution is 0.576. The molecule has 1 rings (SSSR count). The first-order valence-electron chi connectivity index (χ1n) is 6.07. The van der Waals surface area contributed by atoms with Crippen molar-refractivity contribution in [2.45, 2.75) is 43.9 Å². The van der Waals surface area contributed by atoms with E-state index in [4.69, 9.17) is 11.6 Å². The highest BCUT2D eigenvalue weighted by atomic mass is 35.5. The summed E-state index contributed by atoms with van der Waals surface area (Å²) in [4.78, 5) is 0.352. The third-order valence-corrected chi connectivity index (χ3v) is 4.96. The Labute approximate surface area is 115 Å². The van der Waals surface area contributed by atoms with E-state index in [0.717, 1.165) is 17.5 Å². The molecule has 5 heteroatoms. The average molecular weight is 290 g/mol. The van der Waals surface area contributed by atoms with E-state index >= 15 is 0 Å². The number of alkyl halides is 1. The molecule has 0 amide bonds. The van der Waals surface area contributed by atoms with Crippen LogP contribution in [0.5, 0.6) is 0 Å². The maximum atomic E-state index is 12.1. The number of hydrogen-bond acceptors (Lipinski definition) is 2. The van der Waals surface area contributed by atoms with Crippen LogP contribution in [0.3, 0.4) is 0 Å². The molecule has 0 fully saturated rings. The van der Waals surface area contributed by atoms with Gasteiger partial charge in [0.1, 0.15) is 0 Å². The first-order chi connectivity index (χ1) is 8.36. The van der Waals surface area contributed by atoms with Crippen molar-refractivity contribution < 1.29 is 8.42 Å². The first-order valence-corrected chi connectivity index (χ1v) is 7.99. The van der Waals surface area contributed by atoms with Gasteiger partial charge in [0.2, 0.25) is 10.0 Å². The van der Waals surface area contributed by atoms with Crippen LogP contribution in [0.2, 0.25) is 0 Å². The lowest BCUT2D eigenvalue weighted by atomic mass is 10.2. The van der Waals surface area contributed by atoms with Crippen molar-refractivity contribution in [3.05, 3.63) is 29.3 Å². The molecule has 18 heavy (non-hydrogen) atoms. The van der Waals surface area contributed by atoms with E-state index < -0.39 is 10.0 Å². The van der Waals surface area contributed by atoms with Gasteiger partial charge in [0, 0.05) is 11.9 Å². The second-order valence-corrected chi connectivity index (χ2v) is 6.81. The van der Waals surface area contributed by atoms with E-state index in [1.54, 1.807) is 13.0 Å². The molecule has 102 valence electrons. The molecule has 1 aromatic rings. The Morgan fingerprint density at radius 3 is 2.61 bits per heavy atom. The van der Waals surface area contributed by atoms with Crippen LogP contribution in [0.4, 0.5) is 0 Å². The highest BCUT2D eigenvalue weighted by Crippen LogP contribution is 2.16. The molecule has 1 aromatic carbocycles. The minimum Gasteiger partial charge on any atom is -0.211 e. The molecule has 0 bridgehead atoms. The highest BCUT2D eigenvalue weighted by molar-refractivity contribution is 7.89. The molecule has 1 unspecified atom stereocenters. The Morgan fingerprint density at radius 1 is 1.33 bits per heavy atom. The lowest BCUT2D eigenvalue weighted by Gasteiger charge is -2.11. The van der Waals surface area contributed by atoms with Crippen LogP contribution in [-0.4, -0.2) is 20.3 Å². The summed E-state index contributed by atoms with van der Waals surface area (Å²) in [6.07, 6.45) is 1.48. The fourth-order valence-electron chi connectivity index (χ4n) is 1.63. The third-order valence-electron chi connectivity index (χ3n) is 2.83. The van der Waals surface area contributed by atoms with Gasteiger partial charge in [-0.2, -0.15) is 0 Å². The Morgan fingerprint density at radius 2 is 2.00 bits per heavy atom. The van der Waals surface area contributed by atoms with Crippen LogP contribution in [0.25, 0.3) is 0 Å². The Balaban J connectivity index is 2.77. The maximum absolute atomic E-state index is 12.1. The molecule has 0 spiro atoms. The van der Waals surface area contributed by atoms with Gasteiger partial charge in [-0.3, -0.25) is 0 Å². The van der Waals surface area contributed by atoms with Crippen LogP contribution in [-0.2, 0) is 10.0 Å². The van der Waals surface area contributed by atoms with Crippen molar-refractivity contribution in [3.63, 3.8) is 0 Å². The number of nitrogens with one attached hydrogen (secondary N) is 1. The minimum absolute atomic E-state index is 0.0197. The Kier molecular flexibility index (Phi) is 5.63. The number of hydrogen-bond donors (Lipinski definition) is 1. The van der Waals surface area contributed by atoms with Crippen molar-refractivity contribution in [2.75, 3.05) is 6.54 Å². The first kappa shape index (κ1) is 15.5. The summed E-state index contributed by atoms with van der Waals surface area (Å²) in [7, 11) is -3.43. The summed E-state index contributed by atoms with van der Waals surface area (Å²) in [5, 5.41) is 0.0197. The molecule has 0 saturated heterocycles. The Bertz CT molecular complexity index is 500. The number of sulfonamides is 1. The lowest BCUT2D eigenvalue weighted by Crippen LogP contribution is -2.27. The molecule has 0 radical (unpaired) electrons. The monoisotopic (exact) mass is 289 g/mol. The van der Waals surface area contributed by atoms with Gasteiger partial charge in [-0.1, -0.05) is 19.1 Å². The molecule has 1 N–H and O–H groups in total. The molecule has 0 aromatic heterocycles. The summed E-state index contributed by atoms with van der Waals surface area (Å²) in [5.74, 6) is 0. The van der Waals surface area contributed by atoms with Gasteiger partial charge in [-0.05, 0) is 43.9 Å². The van der Waals surface area contributed by atoms with E-state index in [9.17, 15) is 8.42 Å². The van der Waals surface area contributed by atoms with Crippen molar-refractivity contribution in [1.82, 2.24) is 4.72 Å². The summed E-state index contributed by atoms with van der Waals surface area (Å²) in [6, 6.07) is 5.41. The number of halogens is 1. The average Bonchev–Trinajstić information content (AvgIpc) is 2.31. The summed E-state index contributed by atoms with van der Waals surface area (Å²) >= 11 is 5.96. The van der Waals surface area contributed by atoms with Crippen molar-refractivity contribution in [3.8, 4) is 0 Å². The maximum Gasteiger partial charge on any atom is 0.240 e. The van der Waals surface area contributed by atoms with Crippen LogP contribution in [0, 0.1) is 13.8 Å². The summed E-state index contributed by atoms with van der Waals surface area (Å²) < 4.78 is 26.8. The molecule has 0 aliphatic carbocycles. The zero-order chi connectivity index (χ0) is 13.8. The molecular weight excluding hydrogens is 270 g/mol. The van der Waals surface area contributed by atoms with Gasteiger partial charge in [-0.15, -0.1) is 11.6 Å². The Hall–Kier alpha value is -0.580. The predicted molar refractivity (Wildman–Crippen MR) is 75.7 cm³/mol. The van der Waals surface area contributed by atoms with E-state index in [0.29, 0.717) is 17.9 Å². The largest absolute Gasteiger partial charge is 0.240 e. The molecule has 0 aliphatic heterocycles. The SMILES string of the molecule is CCC(Cl)CCNS(=O)(=O)c1cc(C)ccc1C. The molecule has 1 atom stereocenters. The molecule has 3 nitrogen and oxygen atoms in total. The smallest absolute Gasteiger partial charge is 0.211 e. The van der Waals surface area contributed by atoms with E-state index in [-0.39, 0.29) is 5.38 Å². The number of rotatable bonds is 6. The van der Waals surface area contributed by atoms with Crippen LogP contribution >= 0.6 is 11.6 Å². The summed E-state index contributed by atoms with van der Waals surface area (Å²) in [5.41, 5.74) is 1.69. The van der Waals surface area contributed by atoms with Gasteiger partial charge in [-0.25, -0.2) is 13.1 Å². The van der Waals surface area contributed by atoms with Crippen LogP contribution < -0.4 is 4.72 Å². The van der Waals surface area contributed by atoms with E-state index in [1.807, 2.05) is 26.0 Å². The fraction of sp³-hybridized carbons (Fsp3) is 0.538. The van der Waals surface area contributed by atoms with E-state index in [2.05, 4.69) is 4.72 Å². The minimum atomic E-state index is -3.43. The normalized spacial score (nSPS) is 13.6. The topological polar surface area (TPSA) is 46.2 Å². The summed E-state index contributed by atoms with van der Waals surface area (Å²) in [6.45, 7) is 6.03. The fourth-order valence-corrected chi connectivity index (χ4v) is 3.11. The van der Waals surface area contributed by atoms with Crippen molar-refractivity contribution >= 4 is 21.6 Å². The second-order valence-electron chi connectivity index (χ2n) is 4.46. The highest BCUT2D eigenvalue weighted by Gasteiger charge is 2.16. The third kappa shape index (κ3) is 4.26. The number of aryl methyl sites for hydroxylation is 2. The zero-order valence-corrected chi connectivity index (χ0v) is 12.6. The van der Waals surface area contributed by atoms with Gasteiger partial charge in [0.15, 0.2) is 0 Å². The second kappa shape index (κ2) is 6.55. The molecule has 0 saturated carbocycles.